The van der Waals surface area contributed by atoms with Crippen molar-refractivity contribution >= 4 is 0 Å². The van der Waals surface area contributed by atoms with Crippen LogP contribution in [0.25, 0.3) is 0 Å². The molecule has 0 saturated carbocycles. The predicted octanol–water partition coefficient (Wildman–Crippen LogP) is 2.48. The second-order valence-electron chi connectivity index (χ2n) is 5.00. The average Bonchev–Trinajstić information content (AvgIpc) is 2.20. The van der Waals surface area contributed by atoms with Gasteiger partial charge in [-0.25, -0.2) is 0 Å². The number of aliphatic hydroxyl groups excluding tert-OH is 1. The lowest BCUT2D eigenvalue weighted by molar-refractivity contribution is 0.171. The SMILES string of the molecule is CC(C)Cc1ccc(C(CO)N(C)C)cc1. The fraction of sp³-hybridized carbons (Fsp3) is 0.571. The van der Waals surface area contributed by atoms with Crippen LogP contribution in [0.15, 0.2) is 24.3 Å². The molecule has 0 radical (unpaired) electrons. The van der Waals surface area contributed by atoms with Gasteiger partial charge in [-0.3, -0.25) is 0 Å². The van der Waals surface area contributed by atoms with Gasteiger partial charge in [-0.15, -0.1) is 0 Å². The first-order chi connectivity index (χ1) is 7.54. The molecule has 0 amide bonds. The van der Waals surface area contributed by atoms with Crippen molar-refractivity contribution < 1.29 is 5.11 Å². The average molecular weight is 221 g/mol. The zero-order valence-corrected chi connectivity index (χ0v) is 10.8. The van der Waals surface area contributed by atoms with Crippen LogP contribution in [0, 0.1) is 5.92 Å². The van der Waals surface area contributed by atoms with Crippen molar-refractivity contribution in [1.29, 1.82) is 0 Å². The second kappa shape index (κ2) is 6.02. The van der Waals surface area contributed by atoms with E-state index in [1.165, 1.54) is 11.1 Å². The topological polar surface area (TPSA) is 23.5 Å². The number of aliphatic hydroxyl groups is 1. The fourth-order valence-corrected chi connectivity index (χ4v) is 1.91. The highest BCUT2D eigenvalue weighted by molar-refractivity contribution is 5.25. The van der Waals surface area contributed by atoms with Gasteiger partial charge in [0.1, 0.15) is 0 Å². The number of benzene rings is 1. The van der Waals surface area contributed by atoms with Crippen LogP contribution in [0.4, 0.5) is 0 Å². The first-order valence-electron chi connectivity index (χ1n) is 5.90. The molecule has 1 atom stereocenters. The summed E-state index contributed by atoms with van der Waals surface area (Å²) in [6.07, 6.45) is 1.12. The van der Waals surface area contributed by atoms with Gasteiger partial charge in [-0.1, -0.05) is 38.1 Å². The van der Waals surface area contributed by atoms with Gasteiger partial charge in [-0.05, 0) is 37.6 Å². The Kier molecular flexibility index (Phi) is 4.97. The minimum Gasteiger partial charge on any atom is -0.394 e. The molecule has 0 saturated heterocycles. The van der Waals surface area contributed by atoms with Crippen molar-refractivity contribution in [2.75, 3.05) is 20.7 Å². The van der Waals surface area contributed by atoms with Gasteiger partial charge in [0.25, 0.3) is 0 Å². The second-order valence-corrected chi connectivity index (χ2v) is 5.00. The lowest BCUT2D eigenvalue weighted by atomic mass is 9.99. The van der Waals surface area contributed by atoms with E-state index < -0.39 is 0 Å². The summed E-state index contributed by atoms with van der Waals surface area (Å²) in [6.45, 7) is 4.62. The molecule has 1 aromatic carbocycles. The quantitative estimate of drug-likeness (QED) is 0.825. The van der Waals surface area contributed by atoms with Gasteiger partial charge in [0.05, 0.1) is 12.6 Å². The summed E-state index contributed by atoms with van der Waals surface area (Å²) in [4.78, 5) is 2.04. The standard InChI is InChI=1S/C14H23NO/c1-11(2)9-12-5-7-13(8-6-12)14(10-16)15(3)4/h5-8,11,14,16H,9-10H2,1-4H3. The van der Waals surface area contributed by atoms with Crippen LogP contribution < -0.4 is 0 Å². The highest BCUT2D eigenvalue weighted by Gasteiger charge is 2.12. The first kappa shape index (κ1) is 13.2. The van der Waals surface area contributed by atoms with Gasteiger partial charge in [-0.2, -0.15) is 0 Å². The zero-order chi connectivity index (χ0) is 12.1. The maximum Gasteiger partial charge on any atom is 0.0628 e. The molecule has 0 aromatic heterocycles. The first-order valence-corrected chi connectivity index (χ1v) is 5.90. The number of hydrogen-bond donors (Lipinski definition) is 1. The molecule has 90 valence electrons. The summed E-state index contributed by atoms with van der Waals surface area (Å²) in [7, 11) is 3.98. The minimum absolute atomic E-state index is 0.105. The highest BCUT2D eigenvalue weighted by atomic mass is 16.3. The molecular weight excluding hydrogens is 198 g/mol. The smallest absolute Gasteiger partial charge is 0.0628 e. The number of likely N-dealkylation sites (N-methyl/N-ethyl adjacent to an activating group) is 1. The van der Waals surface area contributed by atoms with Gasteiger partial charge in [0, 0.05) is 0 Å². The summed E-state index contributed by atoms with van der Waals surface area (Å²) in [5.74, 6) is 0.688. The monoisotopic (exact) mass is 221 g/mol. The van der Waals surface area contributed by atoms with Crippen molar-refractivity contribution in [3.8, 4) is 0 Å². The highest BCUT2D eigenvalue weighted by Crippen LogP contribution is 2.19. The van der Waals surface area contributed by atoms with E-state index in [4.69, 9.17) is 0 Å². The minimum atomic E-state index is 0.105. The van der Waals surface area contributed by atoms with Crippen molar-refractivity contribution in [2.24, 2.45) is 5.92 Å². The molecule has 1 unspecified atom stereocenters. The molecule has 16 heavy (non-hydrogen) atoms. The maximum atomic E-state index is 9.32. The van der Waals surface area contributed by atoms with Gasteiger partial charge in [0.2, 0.25) is 0 Å². The predicted molar refractivity (Wildman–Crippen MR) is 68.5 cm³/mol. The summed E-state index contributed by atoms with van der Waals surface area (Å²) in [5, 5.41) is 9.32. The van der Waals surface area contributed by atoms with E-state index in [9.17, 15) is 5.11 Å². The van der Waals surface area contributed by atoms with Gasteiger partial charge < -0.3 is 10.0 Å². The van der Waals surface area contributed by atoms with E-state index in [2.05, 4.69) is 38.1 Å². The lowest BCUT2D eigenvalue weighted by Gasteiger charge is -2.22. The number of nitrogens with zero attached hydrogens (tertiary/aromatic N) is 1. The summed E-state index contributed by atoms with van der Waals surface area (Å²) in [6, 6.07) is 8.69. The molecule has 1 rings (SSSR count). The van der Waals surface area contributed by atoms with E-state index >= 15 is 0 Å². The van der Waals surface area contributed by atoms with E-state index in [-0.39, 0.29) is 12.6 Å². The number of rotatable bonds is 5. The third-order valence-corrected chi connectivity index (χ3v) is 2.80. The molecule has 0 bridgehead atoms. The van der Waals surface area contributed by atoms with E-state index in [0.717, 1.165) is 6.42 Å². The van der Waals surface area contributed by atoms with Crippen LogP contribution in [-0.4, -0.2) is 30.7 Å². The van der Waals surface area contributed by atoms with Crippen molar-refractivity contribution in [3.05, 3.63) is 35.4 Å². The molecule has 0 aliphatic rings. The molecule has 0 aliphatic heterocycles. The van der Waals surface area contributed by atoms with Crippen LogP contribution in [0.5, 0.6) is 0 Å². The lowest BCUT2D eigenvalue weighted by Crippen LogP contribution is -2.23. The summed E-state index contributed by atoms with van der Waals surface area (Å²) in [5.41, 5.74) is 2.55. The van der Waals surface area contributed by atoms with Crippen LogP contribution in [0.2, 0.25) is 0 Å². The molecule has 1 N–H and O–H groups in total. The van der Waals surface area contributed by atoms with Crippen LogP contribution >= 0.6 is 0 Å². The van der Waals surface area contributed by atoms with Crippen molar-refractivity contribution in [3.63, 3.8) is 0 Å². The molecule has 2 nitrogen and oxygen atoms in total. The zero-order valence-electron chi connectivity index (χ0n) is 10.8. The Hall–Kier alpha value is -0.860. The summed E-state index contributed by atoms with van der Waals surface area (Å²) < 4.78 is 0. The Morgan fingerprint density at radius 3 is 2.06 bits per heavy atom. The Morgan fingerprint density at radius 1 is 1.12 bits per heavy atom. The molecule has 0 fully saturated rings. The Balaban J connectivity index is 2.77. The van der Waals surface area contributed by atoms with Crippen LogP contribution in [0.1, 0.15) is 31.0 Å². The summed E-state index contributed by atoms with van der Waals surface area (Å²) >= 11 is 0. The van der Waals surface area contributed by atoms with E-state index in [1.807, 2.05) is 19.0 Å². The van der Waals surface area contributed by atoms with Crippen molar-refractivity contribution in [2.45, 2.75) is 26.3 Å². The molecule has 0 aliphatic carbocycles. The van der Waals surface area contributed by atoms with Crippen LogP contribution in [0.3, 0.4) is 0 Å². The van der Waals surface area contributed by atoms with Crippen molar-refractivity contribution in [1.82, 2.24) is 4.90 Å². The third-order valence-electron chi connectivity index (χ3n) is 2.80. The van der Waals surface area contributed by atoms with Gasteiger partial charge in [0.15, 0.2) is 0 Å². The molecule has 0 spiro atoms. The Labute approximate surface area is 98.9 Å². The Bertz CT molecular complexity index is 303. The van der Waals surface area contributed by atoms with E-state index in [0.29, 0.717) is 5.92 Å². The normalized spacial score (nSPS) is 13.4. The largest absolute Gasteiger partial charge is 0.394 e. The van der Waals surface area contributed by atoms with E-state index in [1.54, 1.807) is 0 Å². The molecule has 2 heteroatoms. The number of hydrogen-bond acceptors (Lipinski definition) is 2. The Morgan fingerprint density at radius 2 is 1.69 bits per heavy atom. The molecular formula is C14H23NO. The fourth-order valence-electron chi connectivity index (χ4n) is 1.91. The molecule has 0 heterocycles. The van der Waals surface area contributed by atoms with Gasteiger partial charge >= 0.3 is 0 Å². The molecule has 1 aromatic rings. The van der Waals surface area contributed by atoms with Crippen LogP contribution in [-0.2, 0) is 6.42 Å². The maximum absolute atomic E-state index is 9.32. The third kappa shape index (κ3) is 3.62.